The van der Waals surface area contributed by atoms with Crippen LogP contribution in [0.3, 0.4) is 0 Å². The summed E-state index contributed by atoms with van der Waals surface area (Å²) >= 11 is 1.63. The first-order chi connectivity index (χ1) is 7.72. The molecule has 1 aromatic carbocycles. The Morgan fingerprint density at radius 1 is 1.31 bits per heavy atom. The minimum Gasteiger partial charge on any atom is -0.309 e. The van der Waals surface area contributed by atoms with Gasteiger partial charge in [-0.3, -0.25) is 0 Å². The van der Waals surface area contributed by atoms with Gasteiger partial charge in [0.25, 0.3) is 0 Å². The minimum atomic E-state index is -0.146. The first-order valence-corrected chi connectivity index (χ1v) is 6.07. The molecule has 0 aliphatic heterocycles. The molecule has 1 atom stereocenters. The van der Waals surface area contributed by atoms with Gasteiger partial charge in [-0.05, 0) is 37.0 Å². The standard InChI is InChI=1S/C13H14FNS/c1-9-5-6-10(11(14)8-9)13(15-2)12-4-3-7-16-12/h3-8,13,15H,1-2H3. The molecule has 0 bridgehead atoms. The van der Waals surface area contributed by atoms with Gasteiger partial charge in [-0.2, -0.15) is 0 Å². The topological polar surface area (TPSA) is 12.0 Å². The van der Waals surface area contributed by atoms with Gasteiger partial charge in [-0.1, -0.05) is 18.2 Å². The quantitative estimate of drug-likeness (QED) is 0.858. The highest BCUT2D eigenvalue weighted by molar-refractivity contribution is 7.10. The summed E-state index contributed by atoms with van der Waals surface area (Å²) in [6.45, 7) is 1.90. The Kier molecular flexibility index (Phi) is 3.36. The number of rotatable bonds is 3. The number of benzene rings is 1. The zero-order valence-corrected chi connectivity index (χ0v) is 10.1. The van der Waals surface area contributed by atoms with Gasteiger partial charge in [0.15, 0.2) is 0 Å². The molecule has 0 fully saturated rings. The molecule has 16 heavy (non-hydrogen) atoms. The molecule has 1 aromatic heterocycles. The van der Waals surface area contributed by atoms with Gasteiger partial charge in [-0.15, -0.1) is 11.3 Å². The molecule has 1 N–H and O–H groups in total. The van der Waals surface area contributed by atoms with Crippen LogP contribution in [-0.2, 0) is 0 Å². The summed E-state index contributed by atoms with van der Waals surface area (Å²) in [5, 5.41) is 5.16. The minimum absolute atomic E-state index is 0.0550. The fourth-order valence-electron chi connectivity index (χ4n) is 1.77. The van der Waals surface area contributed by atoms with Gasteiger partial charge in [0, 0.05) is 10.4 Å². The van der Waals surface area contributed by atoms with Crippen LogP contribution in [0.5, 0.6) is 0 Å². The molecule has 3 heteroatoms. The summed E-state index contributed by atoms with van der Waals surface area (Å²) in [7, 11) is 1.85. The monoisotopic (exact) mass is 235 g/mol. The van der Waals surface area contributed by atoms with Crippen LogP contribution < -0.4 is 5.32 Å². The largest absolute Gasteiger partial charge is 0.309 e. The molecule has 1 nitrogen and oxygen atoms in total. The lowest BCUT2D eigenvalue weighted by Crippen LogP contribution is -2.17. The Balaban J connectivity index is 2.41. The summed E-state index contributed by atoms with van der Waals surface area (Å²) in [6, 6.07) is 9.32. The summed E-state index contributed by atoms with van der Waals surface area (Å²) < 4.78 is 13.8. The molecule has 0 saturated carbocycles. The second-order valence-electron chi connectivity index (χ2n) is 3.76. The van der Waals surface area contributed by atoms with E-state index in [1.54, 1.807) is 17.4 Å². The molecule has 84 valence electrons. The fourth-order valence-corrected chi connectivity index (χ4v) is 2.63. The molecule has 0 saturated heterocycles. The summed E-state index contributed by atoms with van der Waals surface area (Å²) in [6.07, 6.45) is 0. The summed E-state index contributed by atoms with van der Waals surface area (Å²) in [4.78, 5) is 1.13. The molecule has 0 radical (unpaired) electrons. The van der Waals surface area contributed by atoms with E-state index in [0.29, 0.717) is 5.56 Å². The van der Waals surface area contributed by atoms with Crippen LogP contribution in [0.15, 0.2) is 35.7 Å². The van der Waals surface area contributed by atoms with Crippen molar-refractivity contribution >= 4 is 11.3 Å². The van der Waals surface area contributed by atoms with E-state index in [2.05, 4.69) is 5.32 Å². The molecule has 0 aliphatic rings. The highest BCUT2D eigenvalue weighted by atomic mass is 32.1. The van der Waals surface area contributed by atoms with Gasteiger partial charge >= 0.3 is 0 Å². The molecule has 1 unspecified atom stereocenters. The number of hydrogen-bond donors (Lipinski definition) is 1. The lowest BCUT2D eigenvalue weighted by Gasteiger charge is -2.16. The van der Waals surface area contributed by atoms with Gasteiger partial charge in [0.1, 0.15) is 5.82 Å². The Labute approximate surface area is 98.9 Å². The molecular formula is C13H14FNS. The van der Waals surface area contributed by atoms with Crippen molar-refractivity contribution < 1.29 is 4.39 Å². The molecule has 0 aliphatic carbocycles. The van der Waals surface area contributed by atoms with E-state index in [1.165, 1.54) is 0 Å². The highest BCUT2D eigenvalue weighted by Gasteiger charge is 2.16. The van der Waals surface area contributed by atoms with Crippen LogP contribution in [0.2, 0.25) is 0 Å². The van der Waals surface area contributed by atoms with Crippen molar-refractivity contribution in [2.45, 2.75) is 13.0 Å². The zero-order valence-electron chi connectivity index (χ0n) is 9.33. The molecule has 2 rings (SSSR count). The summed E-state index contributed by atoms with van der Waals surface area (Å²) in [5.74, 6) is -0.146. The van der Waals surface area contributed by atoms with Crippen LogP contribution in [0.25, 0.3) is 0 Å². The van der Waals surface area contributed by atoms with Crippen LogP contribution in [0.4, 0.5) is 4.39 Å². The maximum Gasteiger partial charge on any atom is 0.128 e. The molecule has 2 aromatic rings. The maximum absolute atomic E-state index is 13.8. The van der Waals surface area contributed by atoms with Gasteiger partial charge in [0.2, 0.25) is 0 Å². The average molecular weight is 235 g/mol. The molecule has 0 amide bonds. The van der Waals surface area contributed by atoms with E-state index in [4.69, 9.17) is 0 Å². The van der Waals surface area contributed by atoms with Crippen LogP contribution in [-0.4, -0.2) is 7.05 Å². The number of hydrogen-bond acceptors (Lipinski definition) is 2. The Morgan fingerprint density at radius 2 is 2.12 bits per heavy atom. The Morgan fingerprint density at radius 3 is 2.69 bits per heavy atom. The zero-order chi connectivity index (χ0) is 11.5. The lowest BCUT2D eigenvalue weighted by molar-refractivity contribution is 0.578. The predicted octanol–water partition coefficient (Wildman–Crippen LogP) is 3.50. The molecule has 1 heterocycles. The van der Waals surface area contributed by atoms with Crippen molar-refractivity contribution in [3.63, 3.8) is 0 Å². The first kappa shape index (κ1) is 11.3. The number of aryl methyl sites for hydroxylation is 1. The van der Waals surface area contributed by atoms with Crippen molar-refractivity contribution in [2.24, 2.45) is 0 Å². The smallest absolute Gasteiger partial charge is 0.128 e. The van der Waals surface area contributed by atoms with Crippen LogP contribution in [0.1, 0.15) is 22.0 Å². The van der Waals surface area contributed by atoms with Crippen molar-refractivity contribution in [3.05, 3.63) is 57.5 Å². The third kappa shape index (κ3) is 2.15. The van der Waals surface area contributed by atoms with E-state index < -0.39 is 0 Å². The van der Waals surface area contributed by atoms with Crippen molar-refractivity contribution in [1.82, 2.24) is 5.32 Å². The molecular weight excluding hydrogens is 221 g/mol. The van der Waals surface area contributed by atoms with Crippen LogP contribution in [0, 0.1) is 12.7 Å². The van der Waals surface area contributed by atoms with E-state index in [0.717, 1.165) is 10.4 Å². The third-order valence-electron chi connectivity index (χ3n) is 2.58. The fraction of sp³-hybridized carbons (Fsp3) is 0.231. The van der Waals surface area contributed by atoms with Gasteiger partial charge in [0.05, 0.1) is 6.04 Å². The highest BCUT2D eigenvalue weighted by Crippen LogP contribution is 2.27. The summed E-state index contributed by atoms with van der Waals surface area (Å²) in [5.41, 5.74) is 1.65. The average Bonchev–Trinajstić information content (AvgIpc) is 2.75. The van der Waals surface area contributed by atoms with Crippen molar-refractivity contribution in [1.29, 1.82) is 0 Å². The van der Waals surface area contributed by atoms with E-state index in [1.807, 2.05) is 43.6 Å². The van der Waals surface area contributed by atoms with Crippen molar-refractivity contribution in [2.75, 3.05) is 7.05 Å². The lowest BCUT2D eigenvalue weighted by atomic mass is 10.0. The maximum atomic E-state index is 13.8. The SMILES string of the molecule is CNC(c1cccs1)c1ccc(C)cc1F. The molecule has 0 spiro atoms. The Hall–Kier alpha value is -1.19. The van der Waals surface area contributed by atoms with Crippen molar-refractivity contribution in [3.8, 4) is 0 Å². The predicted molar refractivity (Wildman–Crippen MR) is 66.4 cm³/mol. The second kappa shape index (κ2) is 4.76. The number of nitrogens with one attached hydrogen (secondary N) is 1. The third-order valence-corrected chi connectivity index (χ3v) is 3.52. The normalized spacial score (nSPS) is 12.7. The number of thiophene rings is 1. The van der Waals surface area contributed by atoms with Gasteiger partial charge < -0.3 is 5.32 Å². The van der Waals surface area contributed by atoms with E-state index in [9.17, 15) is 4.39 Å². The van der Waals surface area contributed by atoms with Crippen LogP contribution >= 0.6 is 11.3 Å². The number of halogens is 1. The first-order valence-electron chi connectivity index (χ1n) is 5.19. The van der Waals surface area contributed by atoms with Gasteiger partial charge in [-0.25, -0.2) is 4.39 Å². The van der Waals surface area contributed by atoms with E-state index >= 15 is 0 Å². The Bertz CT molecular complexity index is 465. The van der Waals surface area contributed by atoms with E-state index in [-0.39, 0.29) is 11.9 Å². The second-order valence-corrected chi connectivity index (χ2v) is 4.74.